The van der Waals surface area contributed by atoms with Gasteiger partial charge >= 0.3 is 0 Å². The van der Waals surface area contributed by atoms with Crippen LogP contribution in [-0.2, 0) is 0 Å². The third-order valence-corrected chi connectivity index (χ3v) is 3.91. The van der Waals surface area contributed by atoms with E-state index in [0.29, 0.717) is 22.5 Å². The number of hydrogen-bond acceptors (Lipinski definition) is 2. The summed E-state index contributed by atoms with van der Waals surface area (Å²) in [5.41, 5.74) is 1.71. The van der Waals surface area contributed by atoms with Gasteiger partial charge in [0.15, 0.2) is 5.78 Å². The van der Waals surface area contributed by atoms with E-state index in [4.69, 9.17) is 11.6 Å². The summed E-state index contributed by atoms with van der Waals surface area (Å²) in [4.78, 5) is 13.8. The first kappa shape index (κ1) is 17.0. The highest BCUT2D eigenvalue weighted by atomic mass is 35.5. The van der Waals surface area contributed by atoms with E-state index < -0.39 is 0 Å². The smallest absolute Gasteiger partial charge is 0.159 e. The second kappa shape index (κ2) is 7.68. The van der Waals surface area contributed by atoms with E-state index in [0.717, 1.165) is 25.1 Å². The van der Waals surface area contributed by atoms with Gasteiger partial charge in [-0.2, -0.15) is 0 Å². The van der Waals surface area contributed by atoms with E-state index in [1.807, 2.05) is 12.1 Å². The van der Waals surface area contributed by atoms with E-state index >= 15 is 0 Å². The average molecular weight is 296 g/mol. The zero-order chi connectivity index (χ0) is 15.3. The molecule has 0 unspecified atom stereocenters. The maximum absolute atomic E-state index is 11.4. The third-order valence-electron chi connectivity index (χ3n) is 3.61. The fourth-order valence-corrected chi connectivity index (χ4v) is 2.81. The number of carbonyl (C=O) groups is 1. The predicted octanol–water partition coefficient (Wildman–Crippen LogP) is 5.19. The Hall–Kier alpha value is -1.02. The van der Waals surface area contributed by atoms with Gasteiger partial charge < -0.3 is 4.90 Å². The highest BCUT2D eigenvalue weighted by Crippen LogP contribution is 2.30. The van der Waals surface area contributed by atoms with E-state index in [9.17, 15) is 4.79 Å². The Morgan fingerprint density at radius 1 is 1.25 bits per heavy atom. The van der Waals surface area contributed by atoms with Gasteiger partial charge in [0, 0.05) is 18.2 Å². The normalized spacial score (nSPS) is 11.2. The zero-order valence-electron chi connectivity index (χ0n) is 13.2. The number of benzene rings is 1. The molecule has 1 aromatic rings. The Labute approximate surface area is 128 Å². The number of anilines is 1. The van der Waals surface area contributed by atoms with Crippen LogP contribution in [0.15, 0.2) is 18.2 Å². The van der Waals surface area contributed by atoms with Crippen molar-refractivity contribution in [1.82, 2.24) is 0 Å². The zero-order valence-corrected chi connectivity index (χ0v) is 14.0. The largest absolute Gasteiger partial charge is 0.367 e. The van der Waals surface area contributed by atoms with Crippen LogP contribution in [0.4, 0.5) is 5.69 Å². The average Bonchev–Trinajstić information content (AvgIpc) is 2.38. The molecule has 0 atom stereocenters. The molecule has 1 rings (SSSR count). The molecular formula is C17H26ClNO. The summed E-state index contributed by atoms with van der Waals surface area (Å²) >= 11 is 6.42. The summed E-state index contributed by atoms with van der Waals surface area (Å²) in [7, 11) is 0. The van der Waals surface area contributed by atoms with Crippen molar-refractivity contribution < 1.29 is 4.79 Å². The summed E-state index contributed by atoms with van der Waals surface area (Å²) in [6, 6.07) is 6.13. The van der Waals surface area contributed by atoms with Crippen LogP contribution in [0, 0.1) is 5.92 Å². The maximum atomic E-state index is 11.4. The fourth-order valence-electron chi connectivity index (χ4n) is 2.53. The van der Waals surface area contributed by atoms with Gasteiger partial charge in [0.1, 0.15) is 0 Å². The molecule has 0 N–H and O–H groups in total. The second-order valence-electron chi connectivity index (χ2n) is 5.74. The number of halogens is 1. The number of nitrogens with zero attached hydrogens (tertiary/aromatic N) is 1. The highest BCUT2D eigenvalue weighted by Gasteiger charge is 2.19. The summed E-state index contributed by atoms with van der Waals surface area (Å²) in [5, 5.41) is 0.672. The predicted molar refractivity (Wildman–Crippen MR) is 88.0 cm³/mol. The molecule has 3 heteroatoms. The third kappa shape index (κ3) is 4.24. The summed E-state index contributed by atoms with van der Waals surface area (Å²) < 4.78 is 0. The van der Waals surface area contributed by atoms with Crippen molar-refractivity contribution in [1.29, 1.82) is 0 Å². The quantitative estimate of drug-likeness (QED) is 0.645. The van der Waals surface area contributed by atoms with Gasteiger partial charge in [0.2, 0.25) is 0 Å². The molecule has 0 aromatic heterocycles. The molecule has 0 heterocycles. The van der Waals surface area contributed by atoms with Crippen molar-refractivity contribution in [3.63, 3.8) is 0 Å². The van der Waals surface area contributed by atoms with Gasteiger partial charge in [-0.15, -0.1) is 0 Å². The molecule has 0 saturated heterocycles. The van der Waals surface area contributed by atoms with E-state index in [1.165, 1.54) is 0 Å². The van der Waals surface area contributed by atoms with Crippen molar-refractivity contribution >= 4 is 23.1 Å². The van der Waals surface area contributed by atoms with Crippen molar-refractivity contribution in [2.45, 2.75) is 53.5 Å². The van der Waals surface area contributed by atoms with E-state index in [-0.39, 0.29) is 5.78 Å². The van der Waals surface area contributed by atoms with Crippen molar-refractivity contribution in [2.75, 3.05) is 11.4 Å². The van der Waals surface area contributed by atoms with E-state index in [1.54, 1.807) is 13.0 Å². The minimum atomic E-state index is 0.0522. The molecule has 112 valence electrons. The molecule has 0 radical (unpaired) electrons. The Balaban J connectivity index is 3.16. The molecule has 0 amide bonds. The van der Waals surface area contributed by atoms with E-state index in [2.05, 4.69) is 32.6 Å². The Morgan fingerprint density at radius 2 is 1.85 bits per heavy atom. The van der Waals surface area contributed by atoms with Gasteiger partial charge in [-0.1, -0.05) is 39.3 Å². The Morgan fingerprint density at radius 3 is 2.25 bits per heavy atom. The lowest BCUT2D eigenvalue weighted by Crippen LogP contribution is -2.37. The molecular weight excluding hydrogens is 270 g/mol. The minimum absolute atomic E-state index is 0.0522. The lowest BCUT2D eigenvalue weighted by Gasteiger charge is -2.35. The SMILES string of the molecule is CCC(CC)N(CC(C)C)c1ccc(C(C)=O)cc1Cl. The maximum Gasteiger partial charge on any atom is 0.159 e. The minimum Gasteiger partial charge on any atom is -0.367 e. The van der Waals surface area contributed by atoms with Crippen LogP contribution in [0.2, 0.25) is 5.02 Å². The Bertz CT molecular complexity index is 452. The standard InChI is InChI=1S/C17H26ClNO/c1-6-15(7-2)19(11-12(3)4)17-9-8-14(13(5)20)10-16(17)18/h8-10,12,15H,6-7,11H2,1-5H3. The molecule has 0 spiro atoms. The molecule has 0 aliphatic rings. The molecule has 1 aromatic carbocycles. The van der Waals surface area contributed by atoms with Crippen LogP contribution >= 0.6 is 11.6 Å². The summed E-state index contributed by atoms with van der Waals surface area (Å²) in [6.45, 7) is 11.4. The van der Waals surface area contributed by atoms with Crippen LogP contribution < -0.4 is 4.90 Å². The summed E-state index contributed by atoms with van der Waals surface area (Å²) in [6.07, 6.45) is 2.18. The topological polar surface area (TPSA) is 20.3 Å². The van der Waals surface area contributed by atoms with Crippen molar-refractivity contribution in [3.05, 3.63) is 28.8 Å². The van der Waals surface area contributed by atoms with Gasteiger partial charge in [-0.25, -0.2) is 0 Å². The molecule has 0 saturated carbocycles. The van der Waals surface area contributed by atoms with Crippen LogP contribution in [0.25, 0.3) is 0 Å². The lowest BCUT2D eigenvalue weighted by molar-refractivity contribution is 0.101. The van der Waals surface area contributed by atoms with Crippen molar-refractivity contribution in [2.24, 2.45) is 5.92 Å². The van der Waals surface area contributed by atoms with Crippen LogP contribution in [-0.4, -0.2) is 18.4 Å². The number of carbonyl (C=O) groups excluding carboxylic acids is 1. The van der Waals surface area contributed by atoms with Gasteiger partial charge in [-0.05, 0) is 43.9 Å². The van der Waals surface area contributed by atoms with Crippen molar-refractivity contribution in [3.8, 4) is 0 Å². The highest BCUT2D eigenvalue weighted by molar-refractivity contribution is 6.33. The lowest BCUT2D eigenvalue weighted by atomic mass is 10.0. The second-order valence-corrected chi connectivity index (χ2v) is 6.15. The molecule has 2 nitrogen and oxygen atoms in total. The van der Waals surface area contributed by atoms with Gasteiger partial charge in [-0.3, -0.25) is 4.79 Å². The number of rotatable bonds is 7. The molecule has 0 bridgehead atoms. The first-order valence-corrected chi connectivity index (χ1v) is 7.85. The van der Waals surface area contributed by atoms with Crippen LogP contribution in [0.1, 0.15) is 57.8 Å². The number of hydrogen-bond donors (Lipinski definition) is 0. The summed E-state index contributed by atoms with van der Waals surface area (Å²) in [5.74, 6) is 0.621. The molecule has 0 fully saturated rings. The monoisotopic (exact) mass is 295 g/mol. The van der Waals surface area contributed by atoms with Gasteiger partial charge in [0.25, 0.3) is 0 Å². The van der Waals surface area contributed by atoms with Crippen LogP contribution in [0.3, 0.4) is 0 Å². The molecule has 0 aliphatic heterocycles. The number of ketones is 1. The first-order valence-electron chi connectivity index (χ1n) is 7.47. The number of Topliss-reactive ketones (excluding diaryl/α,β-unsaturated/α-hetero) is 1. The van der Waals surface area contributed by atoms with Gasteiger partial charge in [0.05, 0.1) is 10.7 Å². The molecule has 0 aliphatic carbocycles. The Kier molecular flexibility index (Phi) is 6.54. The fraction of sp³-hybridized carbons (Fsp3) is 0.588. The van der Waals surface area contributed by atoms with Crippen LogP contribution in [0.5, 0.6) is 0 Å². The molecule has 20 heavy (non-hydrogen) atoms. The first-order chi connectivity index (χ1) is 9.40.